The highest BCUT2D eigenvalue weighted by atomic mass is 35.5. The summed E-state index contributed by atoms with van der Waals surface area (Å²) in [6.45, 7) is 6.54. The van der Waals surface area contributed by atoms with Crippen molar-refractivity contribution in [3.63, 3.8) is 0 Å². The molecule has 2 N–H and O–H groups in total. The molecule has 1 aromatic carbocycles. The summed E-state index contributed by atoms with van der Waals surface area (Å²) in [6, 6.07) is 8.07. The highest BCUT2D eigenvalue weighted by Gasteiger charge is 2.14. The van der Waals surface area contributed by atoms with E-state index in [-0.39, 0.29) is 5.41 Å². The Labute approximate surface area is 100 Å². The standard InChI is InChI=1S/C13H15ClN2/c1-13(2,3)9-4-5-11-8(6-9)7-10(15)12(14)16-11/h4-7H,15H2,1-3H3. The smallest absolute Gasteiger partial charge is 0.152 e. The molecule has 0 bridgehead atoms. The largest absolute Gasteiger partial charge is 0.396 e. The highest BCUT2D eigenvalue weighted by Crippen LogP contribution is 2.28. The number of pyridine rings is 1. The molecule has 0 fully saturated rings. The lowest BCUT2D eigenvalue weighted by Gasteiger charge is -2.19. The molecule has 1 heterocycles. The van der Waals surface area contributed by atoms with Gasteiger partial charge in [0.1, 0.15) is 0 Å². The highest BCUT2D eigenvalue weighted by molar-refractivity contribution is 6.32. The Hall–Kier alpha value is -1.28. The van der Waals surface area contributed by atoms with Gasteiger partial charge in [-0.3, -0.25) is 0 Å². The molecule has 1 aromatic heterocycles. The fraction of sp³-hybridized carbons (Fsp3) is 0.308. The number of hydrogen-bond acceptors (Lipinski definition) is 2. The first-order valence-corrected chi connectivity index (χ1v) is 5.62. The molecule has 0 amide bonds. The molecule has 0 saturated heterocycles. The van der Waals surface area contributed by atoms with Gasteiger partial charge < -0.3 is 5.73 Å². The van der Waals surface area contributed by atoms with Gasteiger partial charge in [-0.05, 0) is 29.2 Å². The molecule has 3 heteroatoms. The number of aromatic nitrogens is 1. The van der Waals surface area contributed by atoms with E-state index in [0.29, 0.717) is 10.8 Å². The van der Waals surface area contributed by atoms with Crippen LogP contribution in [0.5, 0.6) is 0 Å². The summed E-state index contributed by atoms with van der Waals surface area (Å²) in [5, 5.41) is 1.41. The number of nitrogen functional groups attached to an aromatic ring is 1. The van der Waals surface area contributed by atoms with Crippen molar-refractivity contribution < 1.29 is 0 Å². The van der Waals surface area contributed by atoms with E-state index in [4.69, 9.17) is 17.3 Å². The van der Waals surface area contributed by atoms with Crippen LogP contribution >= 0.6 is 11.6 Å². The molecule has 0 aliphatic heterocycles. The Morgan fingerprint density at radius 2 is 1.88 bits per heavy atom. The second-order valence-corrected chi connectivity index (χ2v) is 5.38. The van der Waals surface area contributed by atoms with Crippen LogP contribution in [0.4, 0.5) is 5.69 Å². The topological polar surface area (TPSA) is 38.9 Å². The Bertz CT molecular complexity index is 541. The molecule has 0 unspecified atom stereocenters. The van der Waals surface area contributed by atoms with Gasteiger partial charge in [0.2, 0.25) is 0 Å². The van der Waals surface area contributed by atoms with Crippen LogP contribution < -0.4 is 5.73 Å². The normalized spacial score (nSPS) is 12.0. The Balaban J connectivity index is 2.67. The zero-order valence-electron chi connectivity index (χ0n) is 9.71. The predicted molar refractivity (Wildman–Crippen MR) is 69.9 cm³/mol. The molecule has 0 radical (unpaired) electrons. The molecule has 84 valence electrons. The van der Waals surface area contributed by atoms with E-state index in [0.717, 1.165) is 10.9 Å². The SMILES string of the molecule is CC(C)(C)c1ccc2nc(Cl)c(N)cc2c1. The number of rotatable bonds is 0. The molecule has 0 aliphatic carbocycles. The molecule has 2 nitrogen and oxygen atoms in total. The summed E-state index contributed by atoms with van der Waals surface area (Å²) >= 11 is 5.88. The summed E-state index contributed by atoms with van der Waals surface area (Å²) in [7, 11) is 0. The van der Waals surface area contributed by atoms with E-state index in [2.05, 4.69) is 37.9 Å². The molecular formula is C13H15ClN2. The molecule has 0 spiro atoms. The van der Waals surface area contributed by atoms with Crippen molar-refractivity contribution in [3.05, 3.63) is 35.0 Å². The number of nitrogens with two attached hydrogens (primary N) is 1. The lowest BCUT2D eigenvalue weighted by Crippen LogP contribution is -2.10. The second kappa shape index (κ2) is 3.63. The van der Waals surface area contributed by atoms with E-state index in [1.54, 1.807) is 0 Å². The Kier molecular flexibility index (Phi) is 2.55. The third kappa shape index (κ3) is 1.98. The Morgan fingerprint density at radius 3 is 2.50 bits per heavy atom. The van der Waals surface area contributed by atoms with Crippen LogP contribution in [0.3, 0.4) is 0 Å². The number of benzene rings is 1. The van der Waals surface area contributed by atoms with Gasteiger partial charge >= 0.3 is 0 Å². The number of nitrogens with zero attached hydrogens (tertiary/aromatic N) is 1. The van der Waals surface area contributed by atoms with Crippen molar-refractivity contribution in [1.82, 2.24) is 4.98 Å². The van der Waals surface area contributed by atoms with E-state index >= 15 is 0 Å². The maximum absolute atomic E-state index is 5.88. The minimum Gasteiger partial charge on any atom is -0.396 e. The monoisotopic (exact) mass is 234 g/mol. The number of halogens is 1. The average molecular weight is 235 g/mol. The van der Waals surface area contributed by atoms with Gasteiger partial charge in [-0.15, -0.1) is 0 Å². The van der Waals surface area contributed by atoms with Gasteiger partial charge in [-0.1, -0.05) is 38.4 Å². The second-order valence-electron chi connectivity index (χ2n) is 5.03. The third-order valence-electron chi connectivity index (χ3n) is 2.66. The summed E-state index contributed by atoms with van der Waals surface area (Å²) in [5.74, 6) is 0. The van der Waals surface area contributed by atoms with E-state index in [9.17, 15) is 0 Å². The minimum atomic E-state index is 0.128. The first-order chi connectivity index (χ1) is 7.38. The zero-order chi connectivity index (χ0) is 11.9. The van der Waals surface area contributed by atoms with Crippen LogP contribution in [0.25, 0.3) is 10.9 Å². The number of hydrogen-bond donors (Lipinski definition) is 1. The van der Waals surface area contributed by atoms with Gasteiger partial charge in [0.05, 0.1) is 11.2 Å². The lowest BCUT2D eigenvalue weighted by atomic mass is 9.86. The fourth-order valence-electron chi connectivity index (χ4n) is 1.64. The van der Waals surface area contributed by atoms with Crippen molar-refractivity contribution in [2.24, 2.45) is 0 Å². The van der Waals surface area contributed by atoms with Crippen molar-refractivity contribution in [3.8, 4) is 0 Å². The van der Waals surface area contributed by atoms with Crippen LogP contribution in [0.2, 0.25) is 5.15 Å². The maximum atomic E-state index is 5.88. The first-order valence-electron chi connectivity index (χ1n) is 5.24. The molecule has 2 aromatic rings. The summed E-state index contributed by atoms with van der Waals surface area (Å²) < 4.78 is 0. The molecule has 0 saturated carbocycles. The average Bonchev–Trinajstić information content (AvgIpc) is 2.17. The van der Waals surface area contributed by atoms with Crippen LogP contribution in [0, 0.1) is 0 Å². The van der Waals surface area contributed by atoms with Crippen LogP contribution in [0.15, 0.2) is 24.3 Å². The van der Waals surface area contributed by atoms with Gasteiger partial charge in [0.15, 0.2) is 5.15 Å². The molecule has 0 aliphatic rings. The van der Waals surface area contributed by atoms with Gasteiger partial charge in [0.25, 0.3) is 0 Å². The Morgan fingerprint density at radius 1 is 1.19 bits per heavy atom. The van der Waals surface area contributed by atoms with Crippen molar-refractivity contribution in [2.75, 3.05) is 5.73 Å². The molecule has 2 rings (SSSR count). The molecule has 0 atom stereocenters. The number of fused-ring (bicyclic) bond motifs is 1. The zero-order valence-corrected chi connectivity index (χ0v) is 10.5. The quantitative estimate of drug-likeness (QED) is 0.705. The van der Waals surface area contributed by atoms with Crippen LogP contribution in [-0.4, -0.2) is 4.98 Å². The van der Waals surface area contributed by atoms with Crippen LogP contribution in [0.1, 0.15) is 26.3 Å². The van der Waals surface area contributed by atoms with Crippen molar-refractivity contribution >= 4 is 28.2 Å². The summed E-state index contributed by atoms with van der Waals surface area (Å²) in [4.78, 5) is 4.24. The minimum absolute atomic E-state index is 0.128. The molecule has 16 heavy (non-hydrogen) atoms. The van der Waals surface area contributed by atoms with Gasteiger partial charge in [-0.2, -0.15) is 0 Å². The fourth-order valence-corrected chi connectivity index (χ4v) is 1.78. The van der Waals surface area contributed by atoms with E-state index in [1.807, 2.05) is 12.1 Å². The summed E-state index contributed by atoms with van der Waals surface area (Å²) in [6.07, 6.45) is 0. The molecular weight excluding hydrogens is 220 g/mol. The van der Waals surface area contributed by atoms with E-state index in [1.165, 1.54) is 5.56 Å². The van der Waals surface area contributed by atoms with Crippen molar-refractivity contribution in [1.29, 1.82) is 0 Å². The van der Waals surface area contributed by atoms with Crippen LogP contribution in [-0.2, 0) is 5.41 Å². The maximum Gasteiger partial charge on any atom is 0.152 e. The van der Waals surface area contributed by atoms with Gasteiger partial charge in [0, 0.05) is 5.39 Å². The van der Waals surface area contributed by atoms with Crippen molar-refractivity contribution in [2.45, 2.75) is 26.2 Å². The third-order valence-corrected chi connectivity index (χ3v) is 2.96. The van der Waals surface area contributed by atoms with E-state index < -0.39 is 0 Å². The lowest BCUT2D eigenvalue weighted by molar-refractivity contribution is 0.591. The summed E-state index contributed by atoms with van der Waals surface area (Å²) in [5.41, 5.74) is 8.55. The predicted octanol–water partition coefficient (Wildman–Crippen LogP) is 3.77. The van der Waals surface area contributed by atoms with Gasteiger partial charge in [-0.25, -0.2) is 4.98 Å². The first kappa shape index (κ1) is 11.2. The number of anilines is 1.